The van der Waals surface area contributed by atoms with Crippen molar-refractivity contribution in [1.29, 1.82) is 0 Å². The van der Waals surface area contributed by atoms with E-state index < -0.39 is 31.0 Å². The first-order valence-corrected chi connectivity index (χ1v) is 3.72. The Morgan fingerprint density at radius 3 is 2.00 bits per heavy atom. The van der Waals surface area contributed by atoms with Gasteiger partial charge in [0.15, 0.2) is 0 Å². The number of aliphatic hydroxyl groups excluding tert-OH is 4. The van der Waals surface area contributed by atoms with E-state index in [1.807, 2.05) is 0 Å². The zero-order valence-electron chi connectivity index (χ0n) is 7.21. The van der Waals surface area contributed by atoms with E-state index in [4.69, 9.17) is 20.1 Å². The minimum atomic E-state index is -1.20. The van der Waals surface area contributed by atoms with Gasteiger partial charge in [-0.05, 0) is 6.92 Å². The highest BCUT2D eigenvalue weighted by atomic mass is 16.5. The van der Waals surface area contributed by atoms with E-state index in [-0.39, 0.29) is 0 Å². The minimum Gasteiger partial charge on any atom is -0.394 e. The highest BCUT2D eigenvalue weighted by Crippen LogP contribution is 2.07. The molecule has 4 atom stereocenters. The number of hydrogen-bond donors (Lipinski definition) is 4. The molecule has 0 fully saturated rings. The summed E-state index contributed by atoms with van der Waals surface area (Å²) in [7, 11) is 1.29. The van der Waals surface area contributed by atoms with Gasteiger partial charge in [0.05, 0.1) is 12.7 Å². The van der Waals surface area contributed by atoms with Crippen molar-refractivity contribution in [3.63, 3.8) is 0 Å². The molecule has 12 heavy (non-hydrogen) atoms. The normalized spacial score (nSPS) is 21.5. The molecule has 5 heteroatoms. The summed E-state index contributed by atoms with van der Waals surface area (Å²) in [5.41, 5.74) is 0. The number of ether oxygens (including phenoxy) is 1. The average Bonchev–Trinajstić information content (AvgIpc) is 2.05. The first-order chi connectivity index (χ1) is 5.54. The van der Waals surface area contributed by atoms with E-state index >= 15 is 0 Å². The van der Waals surface area contributed by atoms with Crippen LogP contribution in [-0.2, 0) is 4.74 Å². The van der Waals surface area contributed by atoms with Gasteiger partial charge in [-0.3, -0.25) is 0 Å². The smallest absolute Gasteiger partial charge is 0.114 e. The van der Waals surface area contributed by atoms with Gasteiger partial charge in [-0.15, -0.1) is 0 Å². The lowest BCUT2D eigenvalue weighted by Gasteiger charge is -2.26. The zero-order chi connectivity index (χ0) is 9.72. The van der Waals surface area contributed by atoms with Crippen molar-refractivity contribution in [2.75, 3.05) is 13.7 Å². The Morgan fingerprint density at radius 1 is 1.25 bits per heavy atom. The third kappa shape index (κ3) is 3.04. The highest BCUT2D eigenvalue weighted by Gasteiger charge is 2.29. The molecule has 0 aromatic heterocycles. The first-order valence-electron chi connectivity index (χ1n) is 3.72. The molecule has 0 radical (unpaired) electrons. The fourth-order valence-electron chi connectivity index (χ4n) is 0.903. The zero-order valence-corrected chi connectivity index (χ0v) is 7.21. The Hall–Kier alpha value is -0.200. The molecule has 0 saturated heterocycles. The molecule has 4 N–H and O–H groups in total. The number of aliphatic hydroxyl groups is 4. The maximum Gasteiger partial charge on any atom is 0.114 e. The summed E-state index contributed by atoms with van der Waals surface area (Å²) in [6.45, 7) is 0.864. The second kappa shape index (κ2) is 5.45. The van der Waals surface area contributed by atoms with Crippen molar-refractivity contribution in [3.05, 3.63) is 0 Å². The van der Waals surface area contributed by atoms with E-state index in [1.54, 1.807) is 0 Å². The predicted octanol–water partition coefficient (Wildman–Crippen LogP) is -1.90. The molecular formula is C7H16O5. The van der Waals surface area contributed by atoms with Crippen LogP contribution in [0.25, 0.3) is 0 Å². The Balaban J connectivity index is 4.13. The number of hydrogen-bond acceptors (Lipinski definition) is 5. The standard InChI is InChI=1S/C7H16O5/c1-4(9)6(11)7(12-2)5(10)3-8/h4-11H,3H2,1-2H3/t4-,5+,6+,7-/m0/s1. The predicted molar refractivity (Wildman–Crippen MR) is 41.6 cm³/mol. The molecule has 5 nitrogen and oxygen atoms in total. The summed E-state index contributed by atoms with van der Waals surface area (Å²) in [5.74, 6) is 0. The van der Waals surface area contributed by atoms with Gasteiger partial charge < -0.3 is 25.2 Å². The summed E-state index contributed by atoms with van der Waals surface area (Å²) >= 11 is 0. The molecular weight excluding hydrogens is 164 g/mol. The lowest BCUT2D eigenvalue weighted by Crippen LogP contribution is -2.46. The number of rotatable bonds is 5. The molecule has 0 spiro atoms. The quantitative estimate of drug-likeness (QED) is 0.396. The van der Waals surface area contributed by atoms with E-state index in [0.717, 1.165) is 0 Å². The average molecular weight is 180 g/mol. The van der Waals surface area contributed by atoms with Gasteiger partial charge in [-0.2, -0.15) is 0 Å². The van der Waals surface area contributed by atoms with Crippen molar-refractivity contribution in [2.45, 2.75) is 31.3 Å². The van der Waals surface area contributed by atoms with Crippen LogP contribution in [0.1, 0.15) is 6.92 Å². The molecule has 0 rings (SSSR count). The van der Waals surface area contributed by atoms with Gasteiger partial charge in [0.25, 0.3) is 0 Å². The minimum absolute atomic E-state index is 0.512. The maximum atomic E-state index is 9.24. The molecule has 0 aliphatic carbocycles. The van der Waals surface area contributed by atoms with Crippen LogP contribution in [0, 0.1) is 0 Å². The Morgan fingerprint density at radius 2 is 1.75 bits per heavy atom. The Labute approximate surface area is 71.2 Å². The molecule has 0 saturated carbocycles. The third-order valence-electron chi connectivity index (χ3n) is 1.67. The lowest BCUT2D eigenvalue weighted by atomic mass is 10.0. The fraction of sp³-hybridized carbons (Fsp3) is 1.00. The third-order valence-corrected chi connectivity index (χ3v) is 1.67. The van der Waals surface area contributed by atoms with Crippen LogP contribution in [0.4, 0.5) is 0 Å². The van der Waals surface area contributed by atoms with Gasteiger partial charge in [-0.25, -0.2) is 0 Å². The maximum absolute atomic E-state index is 9.24. The van der Waals surface area contributed by atoms with Crippen LogP contribution >= 0.6 is 0 Å². The molecule has 0 aliphatic rings. The summed E-state index contributed by atoms with van der Waals surface area (Å²) in [6, 6.07) is 0. The van der Waals surface area contributed by atoms with E-state index in [2.05, 4.69) is 0 Å². The lowest BCUT2D eigenvalue weighted by molar-refractivity contribution is -0.126. The van der Waals surface area contributed by atoms with Gasteiger partial charge in [0, 0.05) is 7.11 Å². The highest BCUT2D eigenvalue weighted by molar-refractivity contribution is 4.79. The summed E-state index contributed by atoms with van der Waals surface area (Å²) < 4.78 is 4.71. The Bertz CT molecular complexity index is 116. The molecule has 0 unspecified atom stereocenters. The van der Waals surface area contributed by atoms with Crippen molar-refractivity contribution in [2.24, 2.45) is 0 Å². The summed E-state index contributed by atoms with van der Waals surface area (Å²) in [5, 5.41) is 35.8. The molecule has 0 aromatic rings. The van der Waals surface area contributed by atoms with E-state index in [9.17, 15) is 5.11 Å². The summed E-state index contributed by atoms with van der Waals surface area (Å²) in [6.07, 6.45) is -4.34. The van der Waals surface area contributed by atoms with Crippen LogP contribution in [0.15, 0.2) is 0 Å². The molecule has 0 aromatic carbocycles. The van der Waals surface area contributed by atoms with Crippen molar-refractivity contribution in [3.8, 4) is 0 Å². The van der Waals surface area contributed by atoms with Gasteiger partial charge in [0.2, 0.25) is 0 Å². The molecule has 0 heterocycles. The fourth-order valence-corrected chi connectivity index (χ4v) is 0.903. The van der Waals surface area contributed by atoms with Crippen LogP contribution in [0.3, 0.4) is 0 Å². The molecule has 0 aliphatic heterocycles. The van der Waals surface area contributed by atoms with Crippen LogP contribution in [-0.4, -0.2) is 58.6 Å². The molecule has 0 amide bonds. The van der Waals surface area contributed by atoms with E-state index in [1.165, 1.54) is 14.0 Å². The van der Waals surface area contributed by atoms with Crippen LogP contribution < -0.4 is 0 Å². The van der Waals surface area contributed by atoms with Gasteiger partial charge in [0.1, 0.15) is 18.3 Å². The van der Waals surface area contributed by atoms with Crippen molar-refractivity contribution >= 4 is 0 Å². The largest absolute Gasteiger partial charge is 0.394 e. The monoisotopic (exact) mass is 180 g/mol. The van der Waals surface area contributed by atoms with Crippen molar-refractivity contribution < 1.29 is 25.2 Å². The number of methoxy groups -OCH3 is 1. The second-order valence-corrected chi connectivity index (χ2v) is 2.68. The molecule has 74 valence electrons. The van der Waals surface area contributed by atoms with E-state index in [0.29, 0.717) is 0 Å². The summed E-state index contributed by atoms with van der Waals surface area (Å²) in [4.78, 5) is 0. The van der Waals surface area contributed by atoms with Gasteiger partial charge in [-0.1, -0.05) is 0 Å². The van der Waals surface area contributed by atoms with Crippen molar-refractivity contribution in [1.82, 2.24) is 0 Å². The first kappa shape index (κ1) is 11.8. The van der Waals surface area contributed by atoms with Crippen LogP contribution in [0.2, 0.25) is 0 Å². The van der Waals surface area contributed by atoms with Crippen LogP contribution in [0.5, 0.6) is 0 Å². The second-order valence-electron chi connectivity index (χ2n) is 2.68. The Kier molecular flexibility index (Phi) is 5.36. The topological polar surface area (TPSA) is 90.2 Å². The SMILES string of the molecule is CO[C@H]([C@H](O)[C@H](C)O)[C@H](O)CO. The van der Waals surface area contributed by atoms with Gasteiger partial charge >= 0.3 is 0 Å². The molecule has 0 bridgehead atoms.